The van der Waals surface area contributed by atoms with Gasteiger partial charge in [0.25, 0.3) is 5.91 Å². The average molecular weight is 397 g/mol. The van der Waals surface area contributed by atoms with Gasteiger partial charge in [0, 0.05) is 24.7 Å². The smallest absolute Gasteiger partial charge is 0.257 e. The fourth-order valence-electron chi connectivity index (χ4n) is 3.98. The maximum Gasteiger partial charge on any atom is 0.257 e. The van der Waals surface area contributed by atoms with Gasteiger partial charge in [-0.05, 0) is 36.6 Å². The van der Waals surface area contributed by atoms with E-state index in [4.69, 9.17) is 0 Å². The third kappa shape index (κ3) is 3.64. The number of para-hydroxylation sites is 2. The maximum absolute atomic E-state index is 12.9. The van der Waals surface area contributed by atoms with E-state index < -0.39 is 0 Å². The summed E-state index contributed by atoms with van der Waals surface area (Å²) < 4.78 is 1.86. The molecule has 0 radical (unpaired) electrons. The number of hydrogen-bond acceptors (Lipinski definition) is 4. The zero-order valence-electron chi connectivity index (χ0n) is 16.7. The summed E-state index contributed by atoms with van der Waals surface area (Å²) in [7, 11) is 0. The molecule has 0 unspecified atom stereocenters. The van der Waals surface area contributed by atoms with Crippen LogP contribution in [0, 0.1) is 0 Å². The molecule has 0 bridgehead atoms. The van der Waals surface area contributed by atoms with Gasteiger partial charge in [-0.1, -0.05) is 42.5 Å². The predicted molar refractivity (Wildman–Crippen MR) is 119 cm³/mol. The van der Waals surface area contributed by atoms with Crippen LogP contribution in [-0.2, 0) is 6.54 Å². The van der Waals surface area contributed by atoms with Crippen molar-refractivity contribution in [2.75, 3.05) is 23.3 Å². The Balaban J connectivity index is 1.37. The van der Waals surface area contributed by atoms with E-state index in [1.807, 2.05) is 47.1 Å². The lowest BCUT2D eigenvalue weighted by atomic mass is 10.2. The molecule has 150 valence electrons. The number of rotatable bonds is 5. The third-order valence-corrected chi connectivity index (χ3v) is 5.51. The summed E-state index contributed by atoms with van der Waals surface area (Å²) in [5.74, 6) is -0.160. The van der Waals surface area contributed by atoms with E-state index in [0.29, 0.717) is 12.1 Å². The van der Waals surface area contributed by atoms with Crippen molar-refractivity contribution in [3.8, 4) is 0 Å². The normalized spacial score (nSPS) is 13.7. The summed E-state index contributed by atoms with van der Waals surface area (Å²) in [4.78, 5) is 19.8. The van der Waals surface area contributed by atoms with Gasteiger partial charge in [-0.3, -0.25) is 4.79 Å². The molecule has 6 heteroatoms. The number of aromatic nitrogens is 3. The molecular weight excluding hydrogens is 374 g/mol. The molecule has 1 aliphatic heterocycles. The summed E-state index contributed by atoms with van der Waals surface area (Å²) in [6.07, 6.45) is 5.77. The van der Waals surface area contributed by atoms with Crippen molar-refractivity contribution in [2.45, 2.75) is 19.4 Å². The number of fused-ring (bicyclic) bond motifs is 1. The van der Waals surface area contributed by atoms with Crippen molar-refractivity contribution in [1.29, 1.82) is 0 Å². The molecule has 1 aliphatic rings. The van der Waals surface area contributed by atoms with Crippen LogP contribution < -0.4 is 10.2 Å². The molecule has 0 aliphatic carbocycles. The molecule has 3 heterocycles. The first-order valence-corrected chi connectivity index (χ1v) is 10.3. The molecule has 2 aromatic heterocycles. The number of benzene rings is 2. The first kappa shape index (κ1) is 18.4. The molecule has 5 rings (SSSR count). The van der Waals surface area contributed by atoms with Crippen molar-refractivity contribution >= 4 is 28.3 Å². The Kier molecular flexibility index (Phi) is 4.89. The van der Waals surface area contributed by atoms with E-state index in [9.17, 15) is 4.79 Å². The second kappa shape index (κ2) is 7.99. The van der Waals surface area contributed by atoms with Crippen molar-refractivity contribution in [1.82, 2.24) is 14.8 Å². The Morgan fingerprint density at radius 3 is 2.57 bits per heavy atom. The van der Waals surface area contributed by atoms with E-state index in [-0.39, 0.29) is 5.91 Å². The number of anilines is 2. The van der Waals surface area contributed by atoms with E-state index in [1.165, 1.54) is 12.8 Å². The SMILES string of the molecule is O=C(Nc1ccccc1N1CCCC1)c1cnc2c(cnn2Cc2ccccc2)c1. The lowest BCUT2D eigenvalue weighted by molar-refractivity contribution is 0.102. The molecule has 0 spiro atoms. The van der Waals surface area contributed by atoms with Crippen LogP contribution in [0.4, 0.5) is 11.4 Å². The van der Waals surface area contributed by atoms with Crippen molar-refractivity contribution in [3.63, 3.8) is 0 Å². The van der Waals surface area contributed by atoms with Crippen molar-refractivity contribution in [3.05, 3.63) is 84.2 Å². The van der Waals surface area contributed by atoms with Gasteiger partial charge >= 0.3 is 0 Å². The van der Waals surface area contributed by atoms with Crippen LogP contribution in [0.3, 0.4) is 0 Å². The summed E-state index contributed by atoms with van der Waals surface area (Å²) in [6, 6.07) is 20.0. The van der Waals surface area contributed by atoms with Gasteiger partial charge in [0.1, 0.15) is 0 Å². The summed E-state index contributed by atoms with van der Waals surface area (Å²) in [5, 5.41) is 8.38. The number of nitrogens with one attached hydrogen (secondary N) is 1. The largest absolute Gasteiger partial charge is 0.370 e. The molecule has 30 heavy (non-hydrogen) atoms. The predicted octanol–water partition coefficient (Wildman–Crippen LogP) is 4.33. The standard InChI is InChI=1S/C24H23N5O/c30-24(27-21-10-4-5-11-22(21)28-12-6-7-13-28)20-14-19-16-26-29(23(19)25-15-20)17-18-8-2-1-3-9-18/h1-5,8-11,14-16H,6-7,12-13,17H2,(H,27,30). The molecule has 2 aromatic carbocycles. The number of nitrogens with zero attached hydrogens (tertiary/aromatic N) is 4. The Hall–Kier alpha value is -3.67. The highest BCUT2D eigenvalue weighted by Gasteiger charge is 2.17. The Bertz CT molecular complexity index is 1180. The molecule has 1 amide bonds. The molecule has 0 saturated carbocycles. The van der Waals surface area contributed by atoms with Gasteiger partial charge in [0.2, 0.25) is 0 Å². The number of amides is 1. The van der Waals surface area contributed by atoms with Crippen molar-refractivity contribution in [2.24, 2.45) is 0 Å². The van der Waals surface area contributed by atoms with Crippen LogP contribution in [0.2, 0.25) is 0 Å². The molecule has 4 aromatic rings. The van der Waals surface area contributed by atoms with Gasteiger partial charge in [-0.15, -0.1) is 0 Å². The van der Waals surface area contributed by atoms with Crippen LogP contribution in [0.15, 0.2) is 73.1 Å². The van der Waals surface area contributed by atoms with Crippen LogP contribution in [0.1, 0.15) is 28.8 Å². The maximum atomic E-state index is 12.9. The Morgan fingerprint density at radius 2 is 1.73 bits per heavy atom. The highest BCUT2D eigenvalue weighted by atomic mass is 16.1. The average Bonchev–Trinajstić information content (AvgIpc) is 3.45. The Labute approximate surface area is 175 Å². The highest BCUT2D eigenvalue weighted by Crippen LogP contribution is 2.29. The minimum atomic E-state index is -0.160. The van der Waals surface area contributed by atoms with Crippen LogP contribution >= 0.6 is 0 Å². The number of pyridine rings is 1. The lowest BCUT2D eigenvalue weighted by Crippen LogP contribution is -2.21. The van der Waals surface area contributed by atoms with Crippen LogP contribution in [-0.4, -0.2) is 33.8 Å². The van der Waals surface area contributed by atoms with Gasteiger partial charge in [-0.25, -0.2) is 9.67 Å². The second-order valence-corrected chi connectivity index (χ2v) is 7.59. The fourth-order valence-corrected chi connectivity index (χ4v) is 3.98. The molecule has 1 fully saturated rings. The van der Waals surface area contributed by atoms with E-state index in [2.05, 4.69) is 38.5 Å². The number of carbonyl (C=O) groups excluding carboxylic acids is 1. The Morgan fingerprint density at radius 1 is 0.967 bits per heavy atom. The minimum Gasteiger partial charge on any atom is -0.370 e. The first-order valence-electron chi connectivity index (χ1n) is 10.3. The third-order valence-electron chi connectivity index (χ3n) is 5.51. The van der Waals surface area contributed by atoms with Gasteiger partial charge < -0.3 is 10.2 Å². The van der Waals surface area contributed by atoms with E-state index in [0.717, 1.165) is 41.1 Å². The lowest BCUT2D eigenvalue weighted by Gasteiger charge is -2.21. The minimum absolute atomic E-state index is 0.160. The monoisotopic (exact) mass is 397 g/mol. The summed E-state index contributed by atoms with van der Waals surface area (Å²) >= 11 is 0. The first-order chi connectivity index (χ1) is 14.8. The van der Waals surface area contributed by atoms with Crippen LogP contribution in [0.5, 0.6) is 0 Å². The fraction of sp³-hybridized carbons (Fsp3) is 0.208. The van der Waals surface area contributed by atoms with Crippen LogP contribution in [0.25, 0.3) is 11.0 Å². The summed E-state index contributed by atoms with van der Waals surface area (Å²) in [5.41, 5.74) is 4.37. The highest BCUT2D eigenvalue weighted by molar-refractivity contribution is 6.07. The van der Waals surface area contributed by atoms with Gasteiger partial charge in [0.15, 0.2) is 5.65 Å². The number of carbonyl (C=O) groups is 1. The second-order valence-electron chi connectivity index (χ2n) is 7.59. The zero-order valence-corrected chi connectivity index (χ0v) is 16.7. The molecule has 1 saturated heterocycles. The van der Waals surface area contributed by atoms with Gasteiger partial charge in [0.05, 0.1) is 29.7 Å². The number of hydrogen-bond donors (Lipinski definition) is 1. The molecular formula is C24H23N5O. The van der Waals surface area contributed by atoms with Gasteiger partial charge in [-0.2, -0.15) is 5.10 Å². The quantitative estimate of drug-likeness (QED) is 0.544. The summed E-state index contributed by atoms with van der Waals surface area (Å²) in [6.45, 7) is 2.70. The molecule has 0 atom stereocenters. The molecule has 1 N–H and O–H groups in total. The topological polar surface area (TPSA) is 63.1 Å². The van der Waals surface area contributed by atoms with E-state index in [1.54, 1.807) is 12.4 Å². The zero-order chi connectivity index (χ0) is 20.3. The van der Waals surface area contributed by atoms with Crippen molar-refractivity contribution < 1.29 is 4.79 Å². The molecule has 6 nitrogen and oxygen atoms in total. The van der Waals surface area contributed by atoms with E-state index >= 15 is 0 Å².